The highest BCUT2D eigenvalue weighted by atomic mass is 16.4. The maximum atomic E-state index is 13.3. The minimum Gasteiger partial charge on any atom is -0.480 e. The van der Waals surface area contributed by atoms with Crippen LogP contribution in [-0.2, 0) is 46.4 Å². The molecule has 0 aliphatic rings. The fourth-order valence-corrected chi connectivity index (χ4v) is 7.44. The number of unbranched alkanes of at least 4 members (excludes halogenated alkanes) is 11. The Hall–Kier alpha value is -5.35. The van der Waals surface area contributed by atoms with E-state index in [0.29, 0.717) is 19.3 Å². The molecule has 9 N–H and O–H groups in total. The second kappa shape index (κ2) is 30.7. The Kier molecular flexibility index (Phi) is 26.3. The van der Waals surface area contributed by atoms with Crippen molar-refractivity contribution in [2.45, 2.75) is 166 Å². The van der Waals surface area contributed by atoms with E-state index in [9.17, 15) is 48.9 Å². The maximum Gasteiger partial charge on any atom is 0.326 e. The summed E-state index contributed by atoms with van der Waals surface area (Å²) >= 11 is 0. The van der Waals surface area contributed by atoms with Gasteiger partial charge < -0.3 is 47.2 Å². The summed E-state index contributed by atoms with van der Waals surface area (Å²) in [5.74, 6) is -4.95. The molecular weight excluding hydrogens is 821 g/mol. The lowest BCUT2D eigenvalue weighted by Gasteiger charge is -2.32. The van der Waals surface area contributed by atoms with Crippen LogP contribution in [-0.4, -0.2) is 112 Å². The van der Waals surface area contributed by atoms with Crippen LogP contribution < -0.4 is 27.0 Å². The van der Waals surface area contributed by atoms with E-state index in [2.05, 4.69) is 21.3 Å². The predicted octanol–water partition coefficient (Wildman–Crippen LogP) is 3.69. The smallest absolute Gasteiger partial charge is 0.326 e. The Balaban J connectivity index is 1.66. The molecule has 0 aliphatic heterocycles. The van der Waals surface area contributed by atoms with Crippen molar-refractivity contribution in [1.29, 1.82) is 0 Å². The first-order chi connectivity index (χ1) is 30.6. The van der Waals surface area contributed by atoms with Crippen LogP contribution in [0.4, 0.5) is 0 Å². The van der Waals surface area contributed by atoms with Crippen molar-refractivity contribution < 1.29 is 48.9 Å². The number of nitrogens with one attached hydrogen (secondary N) is 4. The fourth-order valence-electron chi connectivity index (χ4n) is 7.44. The fraction of sp³-hybridized carbons (Fsp3) is 0.604. The third-order valence-corrected chi connectivity index (χ3v) is 11.5. The number of benzene rings is 2. The molecule has 0 bridgehead atoms. The highest BCUT2D eigenvalue weighted by molar-refractivity contribution is 5.94. The number of nitrogens with two attached hydrogens (primary N) is 1. The van der Waals surface area contributed by atoms with E-state index in [0.717, 1.165) is 75.3 Å². The standard InChI is InChI=1S/C48H74N6O10/c1-5-33(2)42(46(61)52-39(32-55)44(49)59)53-47(62)43(34(3)56)54(4)41(58)29-23-15-13-11-9-7-6-8-10-12-14-22-28-40(57)50-37(30-35-24-18-16-19-25-35)45(60)51-38(48(63)64)31-36-26-20-17-21-27-36/h16-21,24-27,33-34,37-39,42-43,55-56H,5-15,22-23,28-32H2,1-4H3,(H2,49,59)(H,50,57)(H,51,60)(H,52,61)(H,53,62)(H,63,64)/t33-,34-,37+,38-,39?,42+,43-/m0/s1. The molecule has 0 radical (unpaired) electrons. The monoisotopic (exact) mass is 895 g/mol. The van der Waals surface area contributed by atoms with Gasteiger partial charge in [0, 0.05) is 32.7 Å². The van der Waals surface area contributed by atoms with Gasteiger partial charge in [0.15, 0.2) is 0 Å². The molecule has 0 aromatic heterocycles. The minimum atomic E-state index is -1.32. The summed E-state index contributed by atoms with van der Waals surface area (Å²) in [6.07, 6.45) is 11.6. The Labute approximate surface area is 378 Å². The molecule has 0 saturated heterocycles. The van der Waals surface area contributed by atoms with Gasteiger partial charge in [-0.05, 0) is 36.8 Å². The molecule has 6 amide bonds. The number of carboxylic acids is 1. The molecule has 0 aliphatic carbocycles. The van der Waals surface area contributed by atoms with Crippen LogP contribution >= 0.6 is 0 Å². The largest absolute Gasteiger partial charge is 0.480 e. The van der Waals surface area contributed by atoms with Gasteiger partial charge in [0.1, 0.15) is 30.2 Å². The predicted molar refractivity (Wildman–Crippen MR) is 244 cm³/mol. The number of rotatable bonds is 33. The van der Waals surface area contributed by atoms with Gasteiger partial charge in [-0.15, -0.1) is 0 Å². The van der Waals surface area contributed by atoms with Gasteiger partial charge in [0.25, 0.3) is 0 Å². The van der Waals surface area contributed by atoms with E-state index in [4.69, 9.17) is 5.73 Å². The minimum absolute atomic E-state index is 0.124. The summed E-state index contributed by atoms with van der Waals surface area (Å²) < 4.78 is 0. The Morgan fingerprint density at radius 2 is 1.06 bits per heavy atom. The third-order valence-electron chi connectivity index (χ3n) is 11.5. The number of carboxylic acid groups (broad SMARTS) is 1. The summed E-state index contributed by atoms with van der Waals surface area (Å²) in [6, 6.07) is 12.7. The van der Waals surface area contributed by atoms with Crippen molar-refractivity contribution in [1.82, 2.24) is 26.2 Å². The molecule has 16 nitrogen and oxygen atoms in total. The Morgan fingerprint density at radius 1 is 0.609 bits per heavy atom. The first kappa shape index (κ1) is 54.8. The van der Waals surface area contributed by atoms with E-state index in [-0.39, 0.29) is 43.4 Å². The number of likely N-dealkylation sites (N-methyl/N-ethyl adjacent to an activating group) is 1. The Morgan fingerprint density at radius 3 is 1.50 bits per heavy atom. The van der Waals surface area contributed by atoms with Gasteiger partial charge in [-0.1, -0.05) is 145 Å². The number of hydrogen-bond donors (Lipinski definition) is 8. The summed E-state index contributed by atoms with van der Waals surface area (Å²) in [6.45, 7) is 4.24. The third kappa shape index (κ3) is 20.9. The van der Waals surface area contributed by atoms with Crippen molar-refractivity contribution in [2.75, 3.05) is 13.7 Å². The van der Waals surface area contributed by atoms with Gasteiger partial charge in [0.05, 0.1) is 12.7 Å². The first-order valence-electron chi connectivity index (χ1n) is 22.9. The molecule has 2 rings (SSSR count). The van der Waals surface area contributed by atoms with Gasteiger partial charge >= 0.3 is 5.97 Å². The molecule has 0 heterocycles. The number of aliphatic carboxylic acids is 1. The zero-order valence-corrected chi connectivity index (χ0v) is 38.3. The summed E-state index contributed by atoms with van der Waals surface area (Å²) in [5.41, 5.74) is 6.86. The quantitative estimate of drug-likeness (QED) is 0.0482. The molecule has 64 heavy (non-hydrogen) atoms. The average molecular weight is 895 g/mol. The van der Waals surface area contributed by atoms with E-state index < -0.39 is 72.5 Å². The van der Waals surface area contributed by atoms with Gasteiger partial charge in [0.2, 0.25) is 35.4 Å². The van der Waals surface area contributed by atoms with E-state index in [1.807, 2.05) is 55.5 Å². The van der Waals surface area contributed by atoms with Crippen molar-refractivity contribution in [3.8, 4) is 0 Å². The molecule has 1 unspecified atom stereocenters. The molecular formula is C48H74N6O10. The number of carbonyl (C=O) groups excluding carboxylic acids is 6. The van der Waals surface area contributed by atoms with Crippen molar-refractivity contribution in [2.24, 2.45) is 11.7 Å². The zero-order valence-electron chi connectivity index (χ0n) is 38.3. The van der Waals surface area contributed by atoms with Crippen LogP contribution in [0.2, 0.25) is 0 Å². The van der Waals surface area contributed by atoms with Crippen LogP contribution in [0, 0.1) is 5.92 Å². The highest BCUT2D eigenvalue weighted by Crippen LogP contribution is 2.16. The van der Waals surface area contributed by atoms with E-state index in [1.54, 1.807) is 19.1 Å². The molecule has 356 valence electrons. The number of carbonyl (C=O) groups is 7. The van der Waals surface area contributed by atoms with Crippen LogP contribution in [0.5, 0.6) is 0 Å². The topological polar surface area (TPSA) is 258 Å². The Bertz CT molecular complexity index is 1730. The SMILES string of the molecule is CC[C@H](C)[C@@H](NC(=O)[C@H]([C@H](C)O)N(C)C(=O)CCCCCCCCCCCCCCC(=O)N[C@H](Cc1ccccc1)C(=O)N[C@@H](Cc1ccccc1)C(=O)O)C(=O)NC(CO)C(N)=O. The van der Waals surface area contributed by atoms with Crippen molar-refractivity contribution >= 4 is 41.4 Å². The van der Waals surface area contributed by atoms with Crippen LogP contribution in [0.15, 0.2) is 60.7 Å². The molecule has 0 spiro atoms. The molecule has 7 atom stereocenters. The number of primary amides is 1. The lowest BCUT2D eigenvalue weighted by molar-refractivity contribution is -0.144. The molecule has 0 fully saturated rings. The number of amides is 6. The molecule has 2 aromatic rings. The average Bonchev–Trinajstić information content (AvgIpc) is 3.26. The number of hydrogen-bond acceptors (Lipinski definition) is 9. The lowest BCUT2D eigenvalue weighted by Crippen LogP contribution is -2.60. The lowest BCUT2D eigenvalue weighted by atomic mass is 9.97. The first-order valence-corrected chi connectivity index (χ1v) is 22.9. The van der Waals surface area contributed by atoms with E-state index in [1.165, 1.54) is 18.9 Å². The molecule has 0 saturated carbocycles. The van der Waals surface area contributed by atoms with Gasteiger partial charge in [-0.2, -0.15) is 0 Å². The number of nitrogens with zero attached hydrogens (tertiary/aromatic N) is 1. The molecule has 16 heteroatoms. The second-order valence-corrected chi connectivity index (χ2v) is 16.8. The molecule has 2 aromatic carbocycles. The number of aliphatic hydroxyl groups is 2. The summed E-state index contributed by atoms with van der Waals surface area (Å²) in [7, 11) is 1.45. The van der Waals surface area contributed by atoms with Gasteiger partial charge in [-0.3, -0.25) is 28.8 Å². The van der Waals surface area contributed by atoms with Crippen LogP contribution in [0.25, 0.3) is 0 Å². The normalized spacial score (nSPS) is 14.4. The van der Waals surface area contributed by atoms with Crippen molar-refractivity contribution in [3.63, 3.8) is 0 Å². The summed E-state index contributed by atoms with van der Waals surface area (Å²) in [5, 5.41) is 40.1. The van der Waals surface area contributed by atoms with Crippen molar-refractivity contribution in [3.05, 3.63) is 71.8 Å². The summed E-state index contributed by atoms with van der Waals surface area (Å²) in [4.78, 5) is 90.3. The highest BCUT2D eigenvalue weighted by Gasteiger charge is 2.36. The van der Waals surface area contributed by atoms with E-state index >= 15 is 0 Å². The second-order valence-electron chi connectivity index (χ2n) is 16.8. The van der Waals surface area contributed by atoms with Crippen LogP contribution in [0.1, 0.15) is 128 Å². The number of aliphatic hydroxyl groups excluding tert-OH is 2. The van der Waals surface area contributed by atoms with Gasteiger partial charge in [-0.25, -0.2) is 4.79 Å². The zero-order chi connectivity index (χ0) is 47.4. The van der Waals surface area contributed by atoms with Crippen LogP contribution in [0.3, 0.4) is 0 Å². The maximum absolute atomic E-state index is 13.3.